The van der Waals surface area contributed by atoms with Crippen molar-refractivity contribution in [3.05, 3.63) is 0 Å². The SMILES string of the molecule is COCC(C)NC(N)=NCCCOCC1CCOCC1. The fourth-order valence-electron chi connectivity index (χ4n) is 2.12. The Morgan fingerprint density at radius 1 is 1.45 bits per heavy atom. The molecular weight excluding hydrogens is 258 g/mol. The number of methoxy groups -OCH3 is 1. The van der Waals surface area contributed by atoms with E-state index >= 15 is 0 Å². The molecule has 0 bridgehead atoms. The fraction of sp³-hybridized carbons (Fsp3) is 0.929. The van der Waals surface area contributed by atoms with Crippen LogP contribution in [0, 0.1) is 5.92 Å². The van der Waals surface area contributed by atoms with Crippen LogP contribution < -0.4 is 11.1 Å². The van der Waals surface area contributed by atoms with Crippen LogP contribution in [0.1, 0.15) is 26.2 Å². The Labute approximate surface area is 122 Å². The van der Waals surface area contributed by atoms with Crippen molar-refractivity contribution in [1.82, 2.24) is 5.32 Å². The second-order valence-electron chi connectivity index (χ2n) is 5.25. The standard InChI is InChI=1S/C14H29N3O3/c1-12(10-18-2)17-14(15)16-6-3-7-20-11-13-4-8-19-9-5-13/h12-13H,3-11H2,1-2H3,(H3,15,16,17). The Balaban J connectivity index is 1.97. The monoisotopic (exact) mass is 287 g/mol. The highest BCUT2D eigenvalue weighted by Gasteiger charge is 2.13. The summed E-state index contributed by atoms with van der Waals surface area (Å²) in [5.74, 6) is 1.13. The minimum atomic E-state index is 0.175. The van der Waals surface area contributed by atoms with Crippen molar-refractivity contribution in [2.45, 2.75) is 32.2 Å². The minimum Gasteiger partial charge on any atom is -0.383 e. The van der Waals surface area contributed by atoms with Gasteiger partial charge < -0.3 is 25.3 Å². The molecule has 1 fully saturated rings. The lowest BCUT2D eigenvalue weighted by Crippen LogP contribution is -2.40. The Morgan fingerprint density at radius 2 is 2.20 bits per heavy atom. The molecule has 1 heterocycles. The summed E-state index contributed by atoms with van der Waals surface area (Å²) in [6, 6.07) is 0.175. The molecule has 0 saturated carbocycles. The topological polar surface area (TPSA) is 78.1 Å². The lowest BCUT2D eigenvalue weighted by atomic mass is 10.0. The van der Waals surface area contributed by atoms with Crippen LogP contribution in [0.2, 0.25) is 0 Å². The molecule has 0 spiro atoms. The predicted molar refractivity (Wildman–Crippen MR) is 79.9 cm³/mol. The van der Waals surface area contributed by atoms with Crippen LogP contribution >= 0.6 is 0 Å². The number of guanidine groups is 1. The molecule has 20 heavy (non-hydrogen) atoms. The smallest absolute Gasteiger partial charge is 0.188 e. The number of hydrogen-bond donors (Lipinski definition) is 2. The van der Waals surface area contributed by atoms with Gasteiger partial charge in [-0.15, -0.1) is 0 Å². The first-order chi connectivity index (χ1) is 9.72. The lowest BCUT2D eigenvalue weighted by molar-refractivity contribution is 0.0205. The first-order valence-electron chi connectivity index (χ1n) is 7.43. The molecule has 1 unspecified atom stereocenters. The molecule has 1 aliphatic heterocycles. The molecule has 0 aliphatic carbocycles. The molecule has 6 heteroatoms. The second kappa shape index (κ2) is 10.9. The summed E-state index contributed by atoms with van der Waals surface area (Å²) in [5, 5.41) is 3.07. The maximum atomic E-state index is 5.77. The van der Waals surface area contributed by atoms with E-state index in [-0.39, 0.29) is 6.04 Å². The van der Waals surface area contributed by atoms with E-state index in [0.29, 0.717) is 25.0 Å². The van der Waals surface area contributed by atoms with Crippen molar-refractivity contribution < 1.29 is 14.2 Å². The van der Waals surface area contributed by atoms with E-state index in [2.05, 4.69) is 10.3 Å². The molecule has 0 aromatic carbocycles. The zero-order valence-electron chi connectivity index (χ0n) is 12.8. The van der Waals surface area contributed by atoms with Crippen LogP contribution in [0.4, 0.5) is 0 Å². The first kappa shape index (κ1) is 17.2. The van der Waals surface area contributed by atoms with Crippen molar-refractivity contribution in [3.8, 4) is 0 Å². The third-order valence-corrected chi connectivity index (χ3v) is 3.23. The summed E-state index contributed by atoms with van der Waals surface area (Å²) >= 11 is 0. The van der Waals surface area contributed by atoms with Gasteiger partial charge in [0.05, 0.1) is 6.61 Å². The van der Waals surface area contributed by atoms with Gasteiger partial charge in [0.2, 0.25) is 0 Å². The number of aliphatic imine (C=N–C) groups is 1. The predicted octanol–water partition coefficient (Wildman–Crippen LogP) is 0.759. The van der Waals surface area contributed by atoms with Gasteiger partial charge in [-0.2, -0.15) is 0 Å². The molecule has 0 aromatic heterocycles. The summed E-state index contributed by atoms with van der Waals surface area (Å²) in [6.45, 7) is 6.63. The fourth-order valence-corrected chi connectivity index (χ4v) is 2.12. The van der Waals surface area contributed by atoms with E-state index in [1.807, 2.05) is 6.92 Å². The third kappa shape index (κ3) is 8.35. The molecule has 0 aromatic rings. The molecule has 0 radical (unpaired) electrons. The largest absolute Gasteiger partial charge is 0.383 e. The minimum absolute atomic E-state index is 0.175. The van der Waals surface area contributed by atoms with E-state index in [1.165, 1.54) is 0 Å². The first-order valence-corrected chi connectivity index (χ1v) is 7.43. The zero-order valence-corrected chi connectivity index (χ0v) is 12.8. The molecular formula is C14H29N3O3. The lowest BCUT2D eigenvalue weighted by Gasteiger charge is -2.21. The highest BCUT2D eigenvalue weighted by Crippen LogP contribution is 2.14. The quantitative estimate of drug-likeness (QED) is 0.372. The normalized spacial score (nSPS) is 19.0. The average Bonchev–Trinajstić information content (AvgIpc) is 2.44. The Kier molecular flexibility index (Phi) is 9.36. The van der Waals surface area contributed by atoms with Gasteiger partial charge >= 0.3 is 0 Å². The van der Waals surface area contributed by atoms with Crippen molar-refractivity contribution in [1.29, 1.82) is 0 Å². The molecule has 1 rings (SSSR count). The molecule has 0 amide bonds. The van der Waals surface area contributed by atoms with E-state index in [0.717, 1.165) is 45.7 Å². The molecule has 6 nitrogen and oxygen atoms in total. The van der Waals surface area contributed by atoms with Crippen LogP contribution in [-0.4, -0.2) is 58.7 Å². The van der Waals surface area contributed by atoms with Crippen molar-refractivity contribution in [2.24, 2.45) is 16.6 Å². The van der Waals surface area contributed by atoms with Crippen LogP contribution in [-0.2, 0) is 14.2 Å². The summed E-state index contributed by atoms with van der Waals surface area (Å²) in [5.41, 5.74) is 5.77. The Hall–Kier alpha value is -0.850. The van der Waals surface area contributed by atoms with Crippen molar-refractivity contribution in [3.63, 3.8) is 0 Å². The van der Waals surface area contributed by atoms with E-state index < -0.39 is 0 Å². The maximum absolute atomic E-state index is 5.77. The molecule has 1 atom stereocenters. The number of hydrogen-bond acceptors (Lipinski definition) is 4. The van der Waals surface area contributed by atoms with E-state index in [4.69, 9.17) is 19.9 Å². The third-order valence-electron chi connectivity index (χ3n) is 3.23. The van der Waals surface area contributed by atoms with Crippen LogP contribution in [0.25, 0.3) is 0 Å². The molecule has 3 N–H and O–H groups in total. The highest BCUT2D eigenvalue weighted by atomic mass is 16.5. The number of ether oxygens (including phenoxy) is 3. The second-order valence-corrected chi connectivity index (χ2v) is 5.25. The number of nitrogens with one attached hydrogen (secondary N) is 1. The number of rotatable bonds is 9. The Bertz CT molecular complexity index is 268. The summed E-state index contributed by atoms with van der Waals surface area (Å²) < 4.78 is 16.0. The highest BCUT2D eigenvalue weighted by molar-refractivity contribution is 5.78. The van der Waals surface area contributed by atoms with Gasteiger partial charge in [0.1, 0.15) is 0 Å². The van der Waals surface area contributed by atoms with Crippen LogP contribution in [0.5, 0.6) is 0 Å². The zero-order chi connectivity index (χ0) is 14.6. The van der Waals surface area contributed by atoms with E-state index in [1.54, 1.807) is 7.11 Å². The van der Waals surface area contributed by atoms with Crippen LogP contribution in [0.3, 0.4) is 0 Å². The van der Waals surface area contributed by atoms with Gasteiger partial charge in [-0.3, -0.25) is 4.99 Å². The van der Waals surface area contributed by atoms with Gasteiger partial charge in [-0.1, -0.05) is 0 Å². The van der Waals surface area contributed by atoms with Crippen molar-refractivity contribution in [2.75, 3.05) is 46.7 Å². The van der Waals surface area contributed by atoms with Gasteiger partial charge in [-0.25, -0.2) is 0 Å². The number of nitrogens with zero attached hydrogens (tertiary/aromatic N) is 1. The molecule has 118 valence electrons. The van der Waals surface area contributed by atoms with Gasteiger partial charge in [0, 0.05) is 46.1 Å². The van der Waals surface area contributed by atoms with Gasteiger partial charge in [0.15, 0.2) is 5.96 Å². The van der Waals surface area contributed by atoms with Crippen LogP contribution in [0.15, 0.2) is 4.99 Å². The van der Waals surface area contributed by atoms with E-state index in [9.17, 15) is 0 Å². The Morgan fingerprint density at radius 3 is 2.90 bits per heavy atom. The van der Waals surface area contributed by atoms with Gasteiger partial charge in [0.25, 0.3) is 0 Å². The summed E-state index contributed by atoms with van der Waals surface area (Å²) in [6.07, 6.45) is 3.13. The summed E-state index contributed by atoms with van der Waals surface area (Å²) in [4.78, 5) is 4.26. The van der Waals surface area contributed by atoms with Gasteiger partial charge in [-0.05, 0) is 32.1 Å². The summed E-state index contributed by atoms with van der Waals surface area (Å²) in [7, 11) is 1.67. The molecule has 1 saturated heterocycles. The van der Waals surface area contributed by atoms with Crippen molar-refractivity contribution >= 4 is 5.96 Å². The maximum Gasteiger partial charge on any atom is 0.188 e. The average molecular weight is 287 g/mol. The molecule has 1 aliphatic rings. The number of nitrogens with two attached hydrogens (primary N) is 1.